The van der Waals surface area contributed by atoms with E-state index in [2.05, 4.69) is 10.6 Å². The normalized spacial score (nSPS) is 21.1. The number of anilines is 1. The Morgan fingerprint density at radius 2 is 1.93 bits per heavy atom. The van der Waals surface area contributed by atoms with Gasteiger partial charge in [-0.25, -0.2) is 9.18 Å². The summed E-state index contributed by atoms with van der Waals surface area (Å²) in [7, 11) is 0. The van der Waals surface area contributed by atoms with Gasteiger partial charge in [0.05, 0.1) is 0 Å². The van der Waals surface area contributed by atoms with Crippen LogP contribution in [-0.4, -0.2) is 40.5 Å². The van der Waals surface area contributed by atoms with Gasteiger partial charge in [-0.05, 0) is 43.5 Å². The number of nitrogens with one attached hydrogen (secondary N) is 2. The summed E-state index contributed by atoms with van der Waals surface area (Å²) in [6.45, 7) is 3.24. The molecule has 1 aromatic heterocycles. The van der Waals surface area contributed by atoms with Gasteiger partial charge in [0, 0.05) is 43.0 Å². The second-order valence-electron chi connectivity index (χ2n) is 7.77. The maximum atomic E-state index is 13.3. The molecule has 1 aromatic carbocycles. The number of benzene rings is 1. The number of amides is 3. The van der Waals surface area contributed by atoms with Crippen molar-refractivity contribution in [2.75, 3.05) is 18.4 Å². The van der Waals surface area contributed by atoms with E-state index >= 15 is 0 Å². The summed E-state index contributed by atoms with van der Waals surface area (Å²) >= 11 is 0. The zero-order chi connectivity index (χ0) is 20.5. The molecule has 3 heterocycles. The zero-order valence-electron chi connectivity index (χ0n) is 16.1. The molecule has 0 saturated carbocycles. The number of carbonyl (C=O) groups is 2. The summed E-state index contributed by atoms with van der Waals surface area (Å²) in [5.41, 5.74) is 1.30. The van der Waals surface area contributed by atoms with Gasteiger partial charge in [-0.1, -0.05) is 12.1 Å². The molecular weight excluding hydrogens is 375 g/mol. The van der Waals surface area contributed by atoms with Crippen LogP contribution in [0.5, 0.6) is 0 Å². The number of hydrogen-bond acceptors (Lipinski definition) is 3. The molecule has 1 fully saturated rings. The van der Waals surface area contributed by atoms with E-state index in [1.54, 1.807) is 30.0 Å². The second kappa shape index (κ2) is 7.69. The third-order valence-electron chi connectivity index (χ3n) is 5.59. The lowest BCUT2D eigenvalue weighted by atomic mass is 9.83. The summed E-state index contributed by atoms with van der Waals surface area (Å²) in [4.78, 5) is 38.9. The lowest BCUT2D eigenvalue weighted by Gasteiger charge is -2.42. The highest BCUT2D eigenvalue weighted by Gasteiger charge is 2.36. The highest BCUT2D eigenvalue weighted by molar-refractivity contribution is 5.96. The number of carbonyl (C=O) groups excluding carboxylic acids is 2. The summed E-state index contributed by atoms with van der Waals surface area (Å²) in [5, 5.41) is 5.32. The number of nitrogens with zero attached hydrogens (tertiary/aromatic N) is 2. The monoisotopic (exact) mass is 398 g/mol. The van der Waals surface area contributed by atoms with Crippen LogP contribution in [-0.2, 0) is 11.3 Å². The van der Waals surface area contributed by atoms with Gasteiger partial charge in [-0.15, -0.1) is 0 Å². The van der Waals surface area contributed by atoms with E-state index < -0.39 is 17.8 Å². The Kier molecular flexibility index (Phi) is 5.08. The molecule has 2 aliphatic heterocycles. The van der Waals surface area contributed by atoms with Crippen LogP contribution in [0.3, 0.4) is 0 Å². The Labute approximate surface area is 167 Å². The number of fused-ring (bicyclic) bond motifs is 4. The van der Waals surface area contributed by atoms with Crippen molar-refractivity contribution in [1.29, 1.82) is 0 Å². The Morgan fingerprint density at radius 1 is 1.14 bits per heavy atom. The Morgan fingerprint density at radius 3 is 2.72 bits per heavy atom. The highest BCUT2D eigenvalue weighted by atomic mass is 19.1. The van der Waals surface area contributed by atoms with Crippen molar-refractivity contribution >= 4 is 17.6 Å². The molecule has 2 bridgehead atoms. The van der Waals surface area contributed by atoms with Crippen LogP contribution in [0.25, 0.3) is 0 Å². The lowest BCUT2D eigenvalue weighted by molar-refractivity contribution is -0.117. The fraction of sp³-hybridized carbons (Fsp3) is 0.381. The molecule has 152 valence electrons. The third kappa shape index (κ3) is 4.01. The average Bonchev–Trinajstić information content (AvgIpc) is 2.68. The topological polar surface area (TPSA) is 83.4 Å². The van der Waals surface area contributed by atoms with E-state index in [1.807, 2.05) is 10.6 Å². The smallest absolute Gasteiger partial charge is 0.318 e. The van der Waals surface area contributed by atoms with Crippen molar-refractivity contribution in [3.8, 4) is 0 Å². The molecular formula is C21H23FN4O3. The van der Waals surface area contributed by atoms with Crippen molar-refractivity contribution in [3.05, 3.63) is 64.3 Å². The van der Waals surface area contributed by atoms with Gasteiger partial charge in [0.15, 0.2) is 0 Å². The van der Waals surface area contributed by atoms with Crippen LogP contribution in [0.4, 0.5) is 14.9 Å². The van der Waals surface area contributed by atoms with Crippen molar-refractivity contribution in [2.45, 2.75) is 31.8 Å². The first kappa shape index (κ1) is 19.2. The largest absolute Gasteiger partial charge is 0.326 e. The SMILES string of the molecule is C[C@H](NC(=O)N1C[C@@H]2C[C@H](C1)c1cccc(=O)n1C2)C(=O)Nc1cccc(F)c1. The maximum Gasteiger partial charge on any atom is 0.318 e. The van der Waals surface area contributed by atoms with E-state index in [1.165, 1.54) is 18.2 Å². The minimum absolute atomic E-state index is 0.00209. The minimum Gasteiger partial charge on any atom is -0.326 e. The van der Waals surface area contributed by atoms with Crippen LogP contribution < -0.4 is 16.2 Å². The molecule has 0 spiro atoms. The number of pyridine rings is 1. The number of rotatable bonds is 3. The van der Waals surface area contributed by atoms with Gasteiger partial charge < -0.3 is 20.1 Å². The molecule has 0 aliphatic carbocycles. The predicted octanol–water partition coefficient (Wildman–Crippen LogP) is 2.14. The standard InChI is InChI=1S/C21H23FN4O3/c1-13(20(28)24-17-5-2-4-16(22)9-17)23-21(29)25-10-14-8-15(12-25)18-6-3-7-19(27)26(18)11-14/h2-7,9,13-15H,8,10-12H2,1H3,(H,23,29)(H,24,28)/t13-,14-,15+/m0/s1. The van der Waals surface area contributed by atoms with Gasteiger partial charge in [-0.3, -0.25) is 9.59 Å². The zero-order valence-corrected chi connectivity index (χ0v) is 16.1. The quantitative estimate of drug-likeness (QED) is 0.831. The van der Waals surface area contributed by atoms with Crippen molar-refractivity contribution < 1.29 is 14.0 Å². The predicted molar refractivity (Wildman–Crippen MR) is 106 cm³/mol. The van der Waals surface area contributed by atoms with E-state index in [0.717, 1.165) is 12.1 Å². The van der Waals surface area contributed by atoms with Gasteiger partial charge in [0.2, 0.25) is 5.91 Å². The maximum absolute atomic E-state index is 13.3. The number of likely N-dealkylation sites (tertiary alicyclic amines) is 1. The lowest BCUT2D eigenvalue weighted by Crippen LogP contribution is -2.54. The van der Waals surface area contributed by atoms with Gasteiger partial charge in [0.1, 0.15) is 11.9 Å². The summed E-state index contributed by atoms with van der Waals surface area (Å²) in [6, 6.07) is 9.78. The average molecular weight is 398 g/mol. The number of piperidine rings is 1. The van der Waals surface area contributed by atoms with Crippen LogP contribution in [0.1, 0.15) is 25.0 Å². The fourth-order valence-corrected chi connectivity index (χ4v) is 4.22. The molecule has 3 amide bonds. The van der Waals surface area contributed by atoms with Crippen molar-refractivity contribution in [3.63, 3.8) is 0 Å². The minimum atomic E-state index is -0.776. The first-order valence-electron chi connectivity index (χ1n) is 9.72. The molecule has 0 radical (unpaired) electrons. The first-order valence-corrected chi connectivity index (χ1v) is 9.72. The Bertz CT molecular complexity index is 1010. The highest BCUT2D eigenvalue weighted by Crippen LogP contribution is 2.34. The number of aromatic nitrogens is 1. The Balaban J connectivity index is 1.39. The van der Waals surface area contributed by atoms with E-state index in [9.17, 15) is 18.8 Å². The fourth-order valence-electron chi connectivity index (χ4n) is 4.22. The van der Waals surface area contributed by atoms with Crippen LogP contribution >= 0.6 is 0 Å². The third-order valence-corrected chi connectivity index (χ3v) is 5.59. The second-order valence-corrected chi connectivity index (χ2v) is 7.77. The number of hydrogen-bond donors (Lipinski definition) is 2. The van der Waals surface area contributed by atoms with Crippen molar-refractivity contribution in [1.82, 2.24) is 14.8 Å². The number of urea groups is 1. The van der Waals surface area contributed by atoms with E-state index in [-0.39, 0.29) is 23.4 Å². The van der Waals surface area contributed by atoms with Crippen LogP contribution in [0, 0.1) is 11.7 Å². The molecule has 4 rings (SSSR count). The van der Waals surface area contributed by atoms with E-state index in [0.29, 0.717) is 25.3 Å². The molecule has 7 nitrogen and oxygen atoms in total. The van der Waals surface area contributed by atoms with E-state index in [4.69, 9.17) is 0 Å². The first-order chi connectivity index (χ1) is 13.9. The number of halogens is 1. The molecule has 8 heteroatoms. The molecule has 2 N–H and O–H groups in total. The molecule has 29 heavy (non-hydrogen) atoms. The molecule has 3 atom stereocenters. The van der Waals surface area contributed by atoms with Gasteiger partial charge >= 0.3 is 6.03 Å². The molecule has 2 aliphatic rings. The van der Waals surface area contributed by atoms with Crippen molar-refractivity contribution in [2.24, 2.45) is 5.92 Å². The van der Waals surface area contributed by atoms with Crippen LogP contribution in [0.15, 0.2) is 47.3 Å². The van der Waals surface area contributed by atoms with Gasteiger partial charge in [-0.2, -0.15) is 0 Å². The molecule has 2 aromatic rings. The Hall–Kier alpha value is -3.16. The molecule has 1 saturated heterocycles. The summed E-state index contributed by atoms with van der Waals surface area (Å²) < 4.78 is 15.1. The summed E-state index contributed by atoms with van der Waals surface area (Å²) in [5.74, 6) is -0.543. The van der Waals surface area contributed by atoms with Gasteiger partial charge in [0.25, 0.3) is 5.56 Å². The summed E-state index contributed by atoms with van der Waals surface area (Å²) in [6.07, 6.45) is 0.947. The van der Waals surface area contributed by atoms with Crippen LogP contribution in [0.2, 0.25) is 0 Å². The molecule has 0 unspecified atom stereocenters.